The van der Waals surface area contributed by atoms with Crippen LogP contribution in [-0.4, -0.2) is 38.2 Å². The summed E-state index contributed by atoms with van der Waals surface area (Å²) in [5.74, 6) is 1.12. The van der Waals surface area contributed by atoms with Crippen molar-refractivity contribution < 1.29 is 14.3 Å². The quantitative estimate of drug-likeness (QED) is 0.732. The topological polar surface area (TPSA) is 50.8 Å². The van der Waals surface area contributed by atoms with E-state index in [-0.39, 0.29) is 0 Å². The highest BCUT2D eigenvalue weighted by Crippen LogP contribution is 2.30. The van der Waals surface area contributed by atoms with Crippen LogP contribution in [0.15, 0.2) is 42.5 Å². The Morgan fingerprint density at radius 3 is 2.60 bits per heavy atom. The molecule has 0 aliphatic rings. The van der Waals surface area contributed by atoms with Gasteiger partial charge in [0, 0.05) is 28.9 Å². The van der Waals surface area contributed by atoms with E-state index in [1.165, 1.54) is 0 Å². The molecule has 0 unspecified atom stereocenters. The van der Waals surface area contributed by atoms with Crippen molar-refractivity contribution in [2.45, 2.75) is 13.3 Å². The van der Waals surface area contributed by atoms with E-state index < -0.39 is 6.09 Å². The number of anilines is 1. The average Bonchev–Trinajstić information content (AvgIpc) is 2.56. The van der Waals surface area contributed by atoms with Gasteiger partial charge >= 0.3 is 6.09 Å². The molecule has 0 aromatic heterocycles. The van der Waals surface area contributed by atoms with E-state index >= 15 is 0 Å². The van der Waals surface area contributed by atoms with Crippen LogP contribution in [0.1, 0.15) is 12.0 Å². The molecule has 0 heterocycles. The number of halogens is 1. The molecule has 0 bridgehead atoms. The molecule has 0 spiro atoms. The fourth-order valence-electron chi connectivity index (χ4n) is 2.18. The standard InChI is InChI=1S/C19H23ClN2O3/c1-14-17(20)12-15(13-18(14)24-11-7-10-22(2)3)21-19(23)25-16-8-5-4-6-9-16/h4-6,8-9,12-13H,7,10-11H2,1-3H3,(H,21,23). The van der Waals surface area contributed by atoms with E-state index in [4.69, 9.17) is 21.1 Å². The number of nitrogens with zero attached hydrogens (tertiary/aromatic N) is 1. The Kier molecular flexibility index (Phi) is 7.10. The minimum Gasteiger partial charge on any atom is -0.493 e. The predicted molar refractivity (Wildman–Crippen MR) is 101 cm³/mol. The fraction of sp³-hybridized carbons (Fsp3) is 0.316. The Morgan fingerprint density at radius 1 is 1.20 bits per heavy atom. The fourth-order valence-corrected chi connectivity index (χ4v) is 2.39. The minimum atomic E-state index is -0.579. The van der Waals surface area contributed by atoms with E-state index in [9.17, 15) is 4.79 Å². The third-order valence-corrected chi connectivity index (χ3v) is 3.90. The van der Waals surface area contributed by atoms with Crippen LogP contribution in [0.3, 0.4) is 0 Å². The molecule has 0 aliphatic heterocycles. The van der Waals surface area contributed by atoms with Crippen LogP contribution in [-0.2, 0) is 0 Å². The lowest BCUT2D eigenvalue weighted by Gasteiger charge is -2.14. The lowest BCUT2D eigenvalue weighted by molar-refractivity contribution is 0.215. The van der Waals surface area contributed by atoms with E-state index in [1.807, 2.05) is 27.1 Å². The van der Waals surface area contributed by atoms with E-state index in [0.717, 1.165) is 18.5 Å². The highest BCUT2D eigenvalue weighted by molar-refractivity contribution is 6.31. The van der Waals surface area contributed by atoms with Crippen molar-refractivity contribution in [3.8, 4) is 11.5 Å². The summed E-state index contributed by atoms with van der Waals surface area (Å²) in [5.41, 5.74) is 1.37. The number of benzene rings is 2. The molecule has 0 fully saturated rings. The zero-order chi connectivity index (χ0) is 18.2. The van der Waals surface area contributed by atoms with Gasteiger partial charge in [-0.15, -0.1) is 0 Å². The van der Waals surface area contributed by atoms with Gasteiger partial charge in [0.15, 0.2) is 0 Å². The molecule has 1 N–H and O–H groups in total. The highest BCUT2D eigenvalue weighted by Gasteiger charge is 2.11. The van der Waals surface area contributed by atoms with Gasteiger partial charge in [-0.25, -0.2) is 4.79 Å². The molecule has 2 aromatic rings. The molecule has 25 heavy (non-hydrogen) atoms. The summed E-state index contributed by atoms with van der Waals surface area (Å²) in [4.78, 5) is 14.1. The maximum Gasteiger partial charge on any atom is 0.417 e. The van der Waals surface area contributed by atoms with Gasteiger partial charge in [0.25, 0.3) is 0 Å². The first-order chi connectivity index (χ1) is 12.0. The summed E-state index contributed by atoms with van der Waals surface area (Å²) < 4.78 is 11.0. The second kappa shape index (κ2) is 9.30. The van der Waals surface area contributed by atoms with Crippen LogP contribution in [0.5, 0.6) is 11.5 Å². The molecule has 0 atom stereocenters. The van der Waals surface area contributed by atoms with E-state index in [0.29, 0.717) is 28.8 Å². The number of carbonyl (C=O) groups is 1. The Balaban J connectivity index is 1.99. The number of hydrogen-bond acceptors (Lipinski definition) is 4. The zero-order valence-corrected chi connectivity index (χ0v) is 15.5. The van der Waals surface area contributed by atoms with Crippen molar-refractivity contribution in [3.63, 3.8) is 0 Å². The van der Waals surface area contributed by atoms with Crippen LogP contribution < -0.4 is 14.8 Å². The number of ether oxygens (including phenoxy) is 2. The molecule has 5 nitrogen and oxygen atoms in total. The van der Waals surface area contributed by atoms with Crippen molar-refractivity contribution in [1.29, 1.82) is 0 Å². The molecule has 134 valence electrons. The first-order valence-electron chi connectivity index (χ1n) is 8.07. The lowest BCUT2D eigenvalue weighted by atomic mass is 10.2. The van der Waals surface area contributed by atoms with Crippen molar-refractivity contribution in [2.75, 3.05) is 32.6 Å². The van der Waals surface area contributed by atoms with Crippen molar-refractivity contribution in [1.82, 2.24) is 4.90 Å². The summed E-state index contributed by atoms with van der Waals surface area (Å²) in [6.07, 6.45) is 0.322. The number of amides is 1. The van der Waals surface area contributed by atoms with Gasteiger partial charge in [0.1, 0.15) is 11.5 Å². The first kappa shape index (κ1) is 19.1. The molecular weight excluding hydrogens is 340 g/mol. The molecule has 2 aromatic carbocycles. The second-order valence-corrected chi connectivity index (χ2v) is 6.32. The summed E-state index contributed by atoms with van der Waals surface area (Å²) in [6.45, 7) is 3.40. The Bertz CT molecular complexity index is 705. The Morgan fingerprint density at radius 2 is 1.92 bits per heavy atom. The molecule has 0 saturated carbocycles. The van der Waals surface area contributed by atoms with Crippen molar-refractivity contribution in [3.05, 3.63) is 53.1 Å². The minimum absolute atomic E-state index is 0.471. The van der Waals surface area contributed by atoms with Crippen LogP contribution in [0.25, 0.3) is 0 Å². The summed E-state index contributed by atoms with van der Waals surface area (Å²) in [5, 5.41) is 3.20. The van der Waals surface area contributed by atoms with Crippen LogP contribution in [0.4, 0.5) is 10.5 Å². The number of nitrogens with one attached hydrogen (secondary N) is 1. The van der Waals surface area contributed by atoms with Gasteiger partial charge < -0.3 is 14.4 Å². The molecule has 2 rings (SSSR count). The predicted octanol–water partition coefficient (Wildman–Crippen LogP) is 4.59. The molecular formula is C19H23ClN2O3. The summed E-state index contributed by atoms with van der Waals surface area (Å²) in [6, 6.07) is 12.3. The average molecular weight is 363 g/mol. The smallest absolute Gasteiger partial charge is 0.417 e. The molecule has 0 aliphatic carbocycles. The van der Waals surface area contributed by atoms with Gasteiger partial charge in [0.2, 0.25) is 0 Å². The number of para-hydroxylation sites is 1. The normalized spacial score (nSPS) is 10.6. The van der Waals surface area contributed by atoms with Gasteiger partial charge in [0.05, 0.1) is 6.61 Å². The SMILES string of the molecule is Cc1c(Cl)cc(NC(=O)Oc2ccccc2)cc1OCCCN(C)C. The van der Waals surface area contributed by atoms with Gasteiger partial charge in [-0.05, 0) is 45.6 Å². The molecule has 0 saturated heterocycles. The maximum absolute atomic E-state index is 12.0. The van der Waals surface area contributed by atoms with Crippen molar-refractivity contribution in [2.24, 2.45) is 0 Å². The summed E-state index contributed by atoms with van der Waals surface area (Å²) in [7, 11) is 4.04. The van der Waals surface area contributed by atoms with E-state index in [2.05, 4.69) is 10.2 Å². The van der Waals surface area contributed by atoms with Gasteiger partial charge in [-0.1, -0.05) is 29.8 Å². The van der Waals surface area contributed by atoms with Crippen LogP contribution >= 0.6 is 11.6 Å². The third kappa shape index (κ3) is 6.29. The van der Waals surface area contributed by atoms with Gasteiger partial charge in [-0.3, -0.25) is 5.32 Å². The zero-order valence-electron chi connectivity index (χ0n) is 14.7. The summed E-state index contributed by atoms with van der Waals surface area (Å²) >= 11 is 6.25. The maximum atomic E-state index is 12.0. The third-order valence-electron chi connectivity index (χ3n) is 3.50. The number of rotatable bonds is 7. The van der Waals surface area contributed by atoms with E-state index in [1.54, 1.807) is 36.4 Å². The van der Waals surface area contributed by atoms with Crippen LogP contribution in [0, 0.1) is 6.92 Å². The number of carbonyl (C=O) groups excluding carboxylic acids is 1. The second-order valence-electron chi connectivity index (χ2n) is 5.91. The molecule has 0 radical (unpaired) electrons. The molecule has 1 amide bonds. The Labute approximate surface area is 153 Å². The van der Waals surface area contributed by atoms with Crippen LogP contribution in [0.2, 0.25) is 5.02 Å². The largest absolute Gasteiger partial charge is 0.493 e. The van der Waals surface area contributed by atoms with Crippen molar-refractivity contribution >= 4 is 23.4 Å². The Hall–Kier alpha value is -2.24. The highest BCUT2D eigenvalue weighted by atomic mass is 35.5. The first-order valence-corrected chi connectivity index (χ1v) is 8.45. The van der Waals surface area contributed by atoms with Gasteiger partial charge in [-0.2, -0.15) is 0 Å². The lowest BCUT2D eigenvalue weighted by Crippen LogP contribution is -2.17. The molecule has 6 heteroatoms. The monoisotopic (exact) mass is 362 g/mol. The number of hydrogen-bond donors (Lipinski definition) is 1.